The van der Waals surface area contributed by atoms with Gasteiger partial charge in [-0.3, -0.25) is 9.38 Å². The first-order valence-corrected chi connectivity index (χ1v) is 6.96. The van der Waals surface area contributed by atoms with Crippen LogP contribution >= 0.6 is 15.9 Å². The Morgan fingerprint density at radius 2 is 2.25 bits per heavy atom. The number of ether oxygens (including phenoxy) is 1. The van der Waals surface area contributed by atoms with E-state index in [0.717, 1.165) is 15.8 Å². The van der Waals surface area contributed by atoms with Gasteiger partial charge in [0.15, 0.2) is 0 Å². The second-order valence-corrected chi connectivity index (χ2v) is 5.18. The molecule has 5 nitrogen and oxygen atoms in total. The summed E-state index contributed by atoms with van der Waals surface area (Å²) in [6.07, 6.45) is 5.35. The van der Waals surface area contributed by atoms with E-state index in [1.54, 1.807) is 12.4 Å². The molecule has 102 valence electrons. The van der Waals surface area contributed by atoms with E-state index in [1.807, 2.05) is 41.9 Å². The zero-order valence-corrected chi connectivity index (χ0v) is 12.5. The Morgan fingerprint density at radius 3 is 3.05 bits per heavy atom. The maximum Gasteiger partial charge on any atom is 0.242 e. The molecule has 0 spiro atoms. The summed E-state index contributed by atoms with van der Waals surface area (Å²) in [7, 11) is 1.90. The fourth-order valence-corrected chi connectivity index (χ4v) is 2.34. The lowest BCUT2D eigenvalue weighted by Crippen LogP contribution is -2.08. The highest BCUT2D eigenvalue weighted by atomic mass is 79.9. The quantitative estimate of drug-likeness (QED) is 0.797. The predicted molar refractivity (Wildman–Crippen MR) is 80.0 cm³/mol. The summed E-state index contributed by atoms with van der Waals surface area (Å²) in [6.45, 7) is 0.669. The molecule has 3 heterocycles. The summed E-state index contributed by atoms with van der Waals surface area (Å²) in [5.41, 5.74) is 1.83. The molecule has 0 saturated carbocycles. The van der Waals surface area contributed by atoms with Crippen LogP contribution in [0.4, 0.5) is 0 Å². The first kappa shape index (κ1) is 13.1. The van der Waals surface area contributed by atoms with Gasteiger partial charge in [-0.15, -0.1) is 0 Å². The Labute approximate surface area is 124 Å². The molecule has 3 rings (SSSR count). The maximum atomic E-state index is 5.86. The average Bonchev–Trinajstić information content (AvgIpc) is 2.77. The molecule has 0 saturated heterocycles. The molecule has 3 aromatic heterocycles. The van der Waals surface area contributed by atoms with E-state index in [9.17, 15) is 0 Å². The van der Waals surface area contributed by atoms with E-state index >= 15 is 0 Å². The normalized spacial score (nSPS) is 10.9. The lowest BCUT2D eigenvalue weighted by molar-refractivity contribution is 0.454. The van der Waals surface area contributed by atoms with E-state index in [4.69, 9.17) is 4.74 Å². The number of nitrogens with one attached hydrogen (secondary N) is 1. The van der Waals surface area contributed by atoms with Gasteiger partial charge in [-0.1, -0.05) is 6.07 Å². The molecule has 0 amide bonds. The van der Waals surface area contributed by atoms with Crippen molar-refractivity contribution in [2.75, 3.05) is 7.05 Å². The SMILES string of the molecule is CNCc1c(Oc2cncc(Br)c2)nc2ccccn12. The summed E-state index contributed by atoms with van der Waals surface area (Å²) in [6, 6.07) is 7.74. The standard InChI is InChI=1S/C14H13BrN4O/c1-16-9-12-14(18-13-4-2-3-5-19(12)13)20-11-6-10(15)7-17-8-11/h2-8,16H,9H2,1H3. The second kappa shape index (κ2) is 5.60. The molecule has 6 heteroatoms. The molecule has 0 unspecified atom stereocenters. The van der Waals surface area contributed by atoms with Crippen molar-refractivity contribution in [3.05, 3.63) is 53.0 Å². The number of fused-ring (bicyclic) bond motifs is 1. The zero-order valence-electron chi connectivity index (χ0n) is 10.9. The molecule has 0 bridgehead atoms. The lowest BCUT2D eigenvalue weighted by Gasteiger charge is -2.06. The third kappa shape index (κ3) is 2.52. The number of aromatic nitrogens is 3. The van der Waals surface area contributed by atoms with Gasteiger partial charge in [0.1, 0.15) is 17.1 Å². The number of hydrogen-bond donors (Lipinski definition) is 1. The van der Waals surface area contributed by atoms with Crippen LogP contribution in [-0.4, -0.2) is 21.4 Å². The molecule has 0 radical (unpaired) electrons. The van der Waals surface area contributed by atoms with Gasteiger partial charge in [-0.05, 0) is 41.2 Å². The van der Waals surface area contributed by atoms with Gasteiger partial charge in [-0.2, -0.15) is 4.98 Å². The Bertz CT molecular complexity index is 741. The molecule has 0 atom stereocenters. The largest absolute Gasteiger partial charge is 0.436 e. The van der Waals surface area contributed by atoms with E-state index in [2.05, 4.69) is 31.2 Å². The first-order chi connectivity index (χ1) is 9.78. The molecule has 0 fully saturated rings. The van der Waals surface area contributed by atoms with Crippen LogP contribution in [0.2, 0.25) is 0 Å². The van der Waals surface area contributed by atoms with E-state index in [-0.39, 0.29) is 0 Å². The summed E-state index contributed by atoms with van der Waals surface area (Å²) in [5.74, 6) is 1.24. The van der Waals surface area contributed by atoms with Crippen LogP contribution in [0.3, 0.4) is 0 Å². The highest BCUT2D eigenvalue weighted by molar-refractivity contribution is 9.10. The van der Waals surface area contributed by atoms with Crippen molar-refractivity contribution in [1.29, 1.82) is 0 Å². The second-order valence-electron chi connectivity index (χ2n) is 4.26. The minimum absolute atomic E-state index is 0.588. The van der Waals surface area contributed by atoms with Crippen molar-refractivity contribution in [2.45, 2.75) is 6.54 Å². The van der Waals surface area contributed by atoms with Crippen molar-refractivity contribution < 1.29 is 4.74 Å². The van der Waals surface area contributed by atoms with Crippen molar-refractivity contribution in [1.82, 2.24) is 19.7 Å². The van der Waals surface area contributed by atoms with Crippen LogP contribution in [-0.2, 0) is 6.54 Å². The summed E-state index contributed by atoms with van der Waals surface area (Å²) in [5, 5.41) is 3.13. The number of hydrogen-bond acceptors (Lipinski definition) is 4. The van der Waals surface area contributed by atoms with Crippen LogP contribution in [0.1, 0.15) is 5.69 Å². The van der Waals surface area contributed by atoms with Gasteiger partial charge < -0.3 is 10.1 Å². The topological polar surface area (TPSA) is 51.5 Å². The molecular weight excluding hydrogens is 320 g/mol. The number of pyridine rings is 2. The van der Waals surface area contributed by atoms with Crippen LogP contribution in [0.5, 0.6) is 11.6 Å². The Hall–Kier alpha value is -1.92. The van der Waals surface area contributed by atoms with E-state index in [0.29, 0.717) is 18.2 Å². The third-order valence-electron chi connectivity index (χ3n) is 2.83. The summed E-state index contributed by atoms with van der Waals surface area (Å²) in [4.78, 5) is 8.60. The summed E-state index contributed by atoms with van der Waals surface area (Å²) >= 11 is 3.38. The van der Waals surface area contributed by atoms with Gasteiger partial charge in [-0.25, -0.2) is 0 Å². The fraction of sp³-hybridized carbons (Fsp3) is 0.143. The van der Waals surface area contributed by atoms with Crippen LogP contribution in [0.15, 0.2) is 47.3 Å². The number of rotatable bonds is 4. The minimum atomic E-state index is 0.588. The minimum Gasteiger partial charge on any atom is -0.436 e. The van der Waals surface area contributed by atoms with Crippen molar-refractivity contribution in [3.8, 4) is 11.6 Å². The van der Waals surface area contributed by atoms with Crippen molar-refractivity contribution in [3.63, 3.8) is 0 Å². The predicted octanol–water partition coefficient (Wildman–Crippen LogP) is 3.00. The molecular formula is C14H13BrN4O. The first-order valence-electron chi connectivity index (χ1n) is 6.17. The monoisotopic (exact) mass is 332 g/mol. The van der Waals surface area contributed by atoms with Gasteiger partial charge >= 0.3 is 0 Å². The van der Waals surface area contributed by atoms with Gasteiger partial charge in [0, 0.05) is 23.4 Å². The van der Waals surface area contributed by atoms with Crippen LogP contribution in [0.25, 0.3) is 5.65 Å². The van der Waals surface area contributed by atoms with Gasteiger partial charge in [0.05, 0.1) is 6.20 Å². The van der Waals surface area contributed by atoms with Crippen molar-refractivity contribution >= 4 is 21.6 Å². The Morgan fingerprint density at radius 1 is 1.35 bits per heavy atom. The molecule has 0 aliphatic carbocycles. The lowest BCUT2D eigenvalue weighted by atomic mass is 10.4. The molecule has 1 N–H and O–H groups in total. The third-order valence-corrected chi connectivity index (χ3v) is 3.26. The highest BCUT2D eigenvalue weighted by Crippen LogP contribution is 2.26. The van der Waals surface area contributed by atoms with Crippen LogP contribution < -0.4 is 10.1 Å². The number of halogens is 1. The van der Waals surface area contributed by atoms with Gasteiger partial charge in [0.2, 0.25) is 5.88 Å². The zero-order chi connectivity index (χ0) is 13.9. The molecule has 3 aromatic rings. The Balaban J connectivity index is 2.04. The highest BCUT2D eigenvalue weighted by Gasteiger charge is 2.13. The fourth-order valence-electron chi connectivity index (χ4n) is 1.99. The van der Waals surface area contributed by atoms with Crippen LogP contribution in [0, 0.1) is 0 Å². The van der Waals surface area contributed by atoms with Gasteiger partial charge in [0.25, 0.3) is 0 Å². The molecule has 0 aliphatic heterocycles. The average molecular weight is 333 g/mol. The maximum absolute atomic E-state index is 5.86. The smallest absolute Gasteiger partial charge is 0.242 e. The van der Waals surface area contributed by atoms with E-state index < -0.39 is 0 Å². The summed E-state index contributed by atoms with van der Waals surface area (Å²) < 4.78 is 8.74. The molecule has 20 heavy (non-hydrogen) atoms. The number of imidazole rings is 1. The molecule has 0 aromatic carbocycles. The van der Waals surface area contributed by atoms with E-state index in [1.165, 1.54) is 0 Å². The molecule has 0 aliphatic rings. The van der Waals surface area contributed by atoms with Crippen molar-refractivity contribution in [2.24, 2.45) is 0 Å². The number of nitrogens with zero attached hydrogens (tertiary/aromatic N) is 3. The Kier molecular flexibility index (Phi) is 3.66.